The van der Waals surface area contributed by atoms with Crippen LogP contribution >= 0.6 is 11.8 Å². The monoisotopic (exact) mass is 247 g/mol. The summed E-state index contributed by atoms with van der Waals surface area (Å²) in [4.78, 5) is 1.31. The highest BCUT2D eigenvalue weighted by molar-refractivity contribution is 7.99. The fourth-order valence-electron chi connectivity index (χ4n) is 1.66. The van der Waals surface area contributed by atoms with Crippen molar-refractivity contribution in [3.8, 4) is 6.07 Å². The summed E-state index contributed by atoms with van der Waals surface area (Å²) in [6, 6.07) is 11.0. The molecular formula is C15H21NS. The summed E-state index contributed by atoms with van der Waals surface area (Å²) in [6.07, 6.45) is 0.862. The molecule has 92 valence electrons. The smallest absolute Gasteiger partial charge is 0.0661 e. The molecule has 1 aromatic rings. The first-order valence-electron chi connectivity index (χ1n) is 6.18. The maximum atomic E-state index is 9.08. The van der Waals surface area contributed by atoms with E-state index >= 15 is 0 Å². The molecule has 0 saturated heterocycles. The molecule has 0 aliphatic rings. The van der Waals surface area contributed by atoms with Gasteiger partial charge in [0.2, 0.25) is 0 Å². The van der Waals surface area contributed by atoms with Crippen LogP contribution in [0.2, 0.25) is 0 Å². The van der Waals surface area contributed by atoms with Gasteiger partial charge in [-0.3, -0.25) is 0 Å². The van der Waals surface area contributed by atoms with Crippen LogP contribution in [0.1, 0.15) is 33.3 Å². The molecule has 0 spiro atoms. The zero-order valence-electron chi connectivity index (χ0n) is 11.1. The van der Waals surface area contributed by atoms with Crippen LogP contribution in [0.4, 0.5) is 0 Å². The summed E-state index contributed by atoms with van der Waals surface area (Å²) < 4.78 is 0. The molecule has 0 aliphatic heterocycles. The van der Waals surface area contributed by atoms with E-state index in [0.29, 0.717) is 11.2 Å². The topological polar surface area (TPSA) is 23.8 Å². The van der Waals surface area contributed by atoms with Crippen molar-refractivity contribution in [3.63, 3.8) is 0 Å². The van der Waals surface area contributed by atoms with Gasteiger partial charge in [0.05, 0.1) is 12.0 Å². The minimum absolute atomic E-state index is 0.124. The summed E-state index contributed by atoms with van der Waals surface area (Å²) in [6.45, 7) is 8.61. The lowest BCUT2D eigenvalue weighted by Gasteiger charge is -2.13. The van der Waals surface area contributed by atoms with Gasteiger partial charge < -0.3 is 0 Å². The first kappa shape index (κ1) is 14.1. The number of nitrogens with zero attached hydrogens (tertiary/aromatic N) is 1. The Bertz CT molecular complexity index is 373. The highest BCUT2D eigenvalue weighted by atomic mass is 32.2. The predicted octanol–water partition coefficient (Wildman–Crippen LogP) is 4.53. The van der Waals surface area contributed by atoms with Crippen LogP contribution < -0.4 is 0 Å². The Morgan fingerprint density at radius 1 is 1.12 bits per heavy atom. The average molecular weight is 247 g/mol. The highest BCUT2D eigenvalue weighted by Crippen LogP contribution is 2.24. The van der Waals surface area contributed by atoms with Gasteiger partial charge in [0, 0.05) is 10.1 Å². The highest BCUT2D eigenvalue weighted by Gasteiger charge is 2.12. The van der Waals surface area contributed by atoms with Crippen LogP contribution in [0.5, 0.6) is 0 Å². The summed E-state index contributed by atoms with van der Waals surface area (Å²) >= 11 is 1.87. The molecule has 0 fully saturated rings. The zero-order valence-corrected chi connectivity index (χ0v) is 11.9. The lowest BCUT2D eigenvalue weighted by Crippen LogP contribution is -2.09. The lowest BCUT2D eigenvalue weighted by atomic mass is 9.91. The van der Waals surface area contributed by atoms with E-state index in [1.807, 2.05) is 11.8 Å². The first-order valence-corrected chi connectivity index (χ1v) is 7.06. The lowest BCUT2D eigenvalue weighted by molar-refractivity contribution is 0.474. The third kappa shape index (κ3) is 4.83. The van der Waals surface area contributed by atoms with Gasteiger partial charge in [-0.05, 0) is 30.0 Å². The summed E-state index contributed by atoms with van der Waals surface area (Å²) in [5.41, 5.74) is 1.26. The van der Waals surface area contributed by atoms with E-state index in [1.54, 1.807) is 0 Å². The number of rotatable bonds is 5. The van der Waals surface area contributed by atoms with Crippen LogP contribution in [0.25, 0.3) is 0 Å². The van der Waals surface area contributed by atoms with E-state index in [-0.39, 0.29) is 5.92 Å². The number of hydrogen-bond donors (Lipinski definition) is 0. The zero-order chi connectivity index (χ0) is 12.8. The Hall–Kier alpha value is -0.940. The average Bonchev–Trinajstić information content (AvgIpc) is 2.26. The molecule has 1 unspecified atom stereocenters. The molecule has 0 aromatic heterocycles. The van der Waals surface area contributed by atoms with Crippen LogP contribution in [0, 0.1) is 23.2 Å². The van der Waals surface area contributed by atoms with Crippen LogP contribution in [0.3, 0.4) is 0 Å². The molecular weight excluding hydrogens is 226 g/mol. The molecule has 1 rings (SSSR count). The van der Waals surface area contributed by atoms with Crippen LogP contribution in [-0.4, -0.2) is 5.25 Å². The third-order valence-corrected chi connectivity index (χ3v) is 3.74. The SMILES string of the molecule is CC(C)Sc1ccc(CC(C#N)C(C)C)cc1. The molecule has 0 aliphatic carbocycles. The van der Waals surface area contributed by atoms with E-state index < -0.39 is 0 Å². The van der Waals surface area contributed by atoms with Gasteiger partial charge in [0.25, 0.3) is 0 Å². The van der Waals surface area contributed by atoms with Gasteiger partial charge in [-0.15, -0.1) is 11.8 Å². The van der Waals surface area contributed by atoms with E-state index in [4.69, 9.17) is 5.26 Å². The Morgan fingerprint density at radius 2 is 1.71 bits per heavy atom. The normalized spacial score (nSPS) is 12.8. The van der Waals surface area contributed by atoms with Crippen molar-refractivity contribution in [3.05, 3.63) is 29.8 Å². The van der Waals surface area contributed by atoms with Crippen molar-refractivity contribution in [1.29, 1.82) is 5.26 Å². The van der Waals surface area contributed by atoms with Gasteiger partial charge in [0.15, 0.2) is 0 Å². The van der Waals surface area contributed by atoms with Crippen molar-refractivity contribution >= 4 is 11.8 Å². The number of thioether (sulfide) groups is 1. The molecule has 1 atom stereocenters. The van der Waals surface area contributed by atoms with E-state index in [9.17, 15) is 0 Å². The third-order valence-electron chi connectivity index (χ3n) is 2.72. The van der Waals surface area contributed by atoms with Gasteiger partial charge >= 0.3 is 0 Å². The first-order chi connectivity index (χ1) is 8.02. The largest absolute Gasteiger partial charge is 0.198 e. The van der Waals surface area contributed by atoms with Crippen molar-refractivity contribution in [2.75, 3.05) is 0 Å². The molecule has 0 saturated carbocycles. The second-order valence-corrected chi connectivity index (χ2v) is 6.64. The molecule has 0 heterocycles. The summed E-state index contributed by atoms with van der Waals surface area (Å²) in [5, 5.41) is 9.69. The minimum Gasteiger partial charge on any atom is -0.198 e. The number of hydrogen-bond acceptors (Lipinski definition) is 2. The van der Waals surface area contributed by atoms with Crippen molar-refractivity contribution in [1.82, 2.24) is 0 Å². The fraction of sp³-hybridized carbons (Fsp3) is 0.533. The van der Waals surface area contributed by atoms with E-state index in [0.717, 1.165) is 6.42 Å². The van der Waals surface area contributed by atoms with E-state index in [2.05, 4.69) is 58.0 Å². The molecule has 1 aromatic carbocycles. The van der Waals surface area contributed by atoms with Crippen molar-refractivity contribution in [2.24, 2.45) is 11.8 Å². The summed E-state index contributed by atoms with van der Waals surface area (Å²) in [7, 11) is 0. The quantitative estimate of drug-likeness (QED) is 0.714. The molecule has 0 bridgehead atoms. The Morgan fingerprint density at radius 3 is 2.12 bits per heavy atom. The van der Waals surface area contributed by atoms with Crippen LogP contribution in [-0.2, 0) is 6.42 Å². The van der Waals surface area contributed by atoms with Crippen molar-refractivity contribution < 1.29 is 0 Å². The summed E-state index contributed by atoms with van der Waals surface area (Å²) in [5.74, 6) is 0.545. The van der Waals surface area contributed by atoms with Gasteiger partial charge in [-0.1, -0.05) is 39.8 Å². The Labute approximate surface area is 109 Å². The van der Waals surface area contributed by atoms with E-state index in [1.165, 1.54) is 10.5 Å². The second kappa shape index (κ2) is 6.71. The van der Waals surface area contributed by atoms with Crippen molar-refractivity contribution in [2.45, 2.75) is 44.3 Å². The maximum Gasteiger partial charge on any atom is 0.0661 e. The number of nitriles is 1. The molecule has 2 heteroatoms. The molecule has 0 amide bonds. The minimum atomic E-state index is 0.124. The number of benzene rings is 1. The van der Waals surface area contributed by atoms with Gasteiger partial charge in [-0.2, -0.15) is 5.26 Å². The Balaban J connectivity index is 2.65. The molecule has 0 N–H and O–H groups in total. The van der Waals surface area contributed by atoms with Gasteiger partial charge in [0.1, 0.15) is 0 Å². The predicted molar refractivity (Wildman–Crippen MR) is 75.1 cm³/mol. The molecule has 0 radical (unpaired) electrons. The molecule has 17 heavy (non-hydrogen) atoms. The fourth-order valence-corrected chi connectivity index (χ4v) is 2.50. The van der Waals surface area contributed by atoms with Crippen LogP contribution in [0.15, 0.2) is 29.2 Å². The Kier molecular flexibility index (Phi) is 5.58. The van der Waals surface area contributed by atoms with Gasteiger partial charge in [-0.25, -0.2) is 0 Å². The second-order valence-electron chi connectivity index (χ2n) is 4.99. The maximum absolute atomic E-state index is 9.08. The standard InChI is InChI=1S/C15H21NS/c1-11(2)14(10-16)9-13-5-7-15(8-6-13)17-12(3)4/h5-8,11-12,14H,9H2,1-4H3. The molecule has 1 nitrogen and oxygen atoms in total.